The lowest BCUT2D eigenvalue weighted by molar-refractivity contribution is -0.139. The van der Waals surface area contributed by atoms with E-state index >= 15 is 0 Å². The van der Waals surface area contributed by atoms with Crippen LogP contribution in [-0.2, 0) is 6.18 Å². The van der Waals surface area contributed by atoms with Gasteiger partial charge in [-0.2, -0.15) is 13.2 Å². The van der Waals surface area contributed by atoms with Crippen LogP contribution >= 0.6 is 0 Å². The minimum atomic E-state index is -4.70. The summed E-state index contributed by atoms with van der Waals surface area (Å²) in [6.45, 7) is 0. The van der Waals surface area contributed by atoms with Crippen molar-refractivity contribution in [3.8, 4) is 11.1 Å². The van der Waals surface area contributed by atoms with Crippen molar-refractivity contribution in [3.63, 3.8) is 0 Å². The summed E-state index contributed by atoms with van der Waals surface area (Å²) in [7, 11) is 0. The van der Waals surface area contributed by atoms with Gasteiger partial charge in [-0.25, -0.2) is 4.39 Å². The van der Waals surface area contributed by atoms with Crippen LogP contribution in [-0.4, -0.2) is 6.29 Å². The van der Waals surface area contributed by atoms with Crippen molar-refractivity contribution in [1.29, 1.82) is 0 Å². The monoisotopic (exact) mass is 268 g/mol. The molecule has 0 radical (unpaired) electrons. The first-order valence-corrected chi connectivity index (χ1v) is 5.34. The van der Waals surface area contributed by atoms with E-state index in [4.69, 9.17) is 0 Å². The highest BCUT2D eigenvalue weighted by molar-refractivity contribution is 5.76. The Hall–Kier alpha value is -2.17. The normalized spacial score (nSPS) is 11.4. The topological polar surface area (TPSA) is 17.1 Å². The van der Waals surface area contributed by atoms with Crippen molar-refractivity contribution in [1.82, 2.24) is 0 Å². The Kier molecular flexibility index (Phi) is 3.38. The molecule has 0 atom stereocenters. The molecule has 0 fully saturated rings. The molecule has 0 N–H and O–H groups in total. The average molecular weight is 268 g/mol. The first-order chi connectivity index (χ1) is 8.91. The quantitative estimate of drug-likeness (QED) is 0.585. The summed E-state index contributed by atoms with van der Waals surface area (Å²) in [5, 5.41) is 0. The van der Waals surface area contributed by atoms with Crippen LogP contribution in [0.4, 0.5) is 17.6 Å². The van der Waals surface area contributed by atoms with E-state index in [1.54, 1.807) is 12.1 Å². The maximum Gasteiger partial charge on any atom is 0.419 e. The largest absolute Gasteiger partial charge is 0.419 e. The van der Waals surface area contributed by atoms with Gasteiger partial charge >= 0.3 is 6.18 Å². The van der Waals surface area contributed by atoms with Crippen molar-refractivity contribution < 1.29 is 22.4 Å². The minimum Gasteiger partial charge on any atom is -0.298 e. The van der Waals surface area contributed by atoms with Gasteiger partial charge in [0.05, 0.1) is 5.56 Å². The summed E-state index contributed by atoms with van der Waals surface area (Å²) in [5.41, 5.74) is 0.0121. The van der Waals surface area contributed by atoms with Gasteiger partial charge in [-0.1, -0.05) is 30.3 Å². The standard InChI is InChI=1S/C14H8F4O/c15-13-7-11(5-6-12(13)14(16,17)18)10-3-1-9(8-19)2-4-10/h1-8H. The number of rotatable bonds is 2. The first-order valence-electron chi connectivity index (χ1n) is 5.34. The fourth-order valence-electron chi connectivity index (χ4n) is 1.68. The molecule has 5 heteroatoms. The molecular formula is C14H8F4O. The number of carbonyl (C=O) groups is 1. The van der Waals surface area contributed by atoms with E-state index in [2.05, 4.69) is 0 Å². The van der Waals surface area contributed by atoms with Gasteiger partial charge in [0, 0.05) is 5.56 Å². The summed E-state index contributed by atoms with van der Waals surface area (Å²) < 4.78 is 50.6. The lowest BCUT2D eigenvalue weighted by Gasteiger charge is -2.09. The van der Waals surface area contributed by atoms with Gasteiger partial charge in [-0.05, 0) is 23.3 Å². The summed E-state index contributed by atoms with van der Waals surface area (Å²) in [6.07, 6.45) is -4.05. The molecule has 2 rings (SSSR count). The second-order valence-corrected chi connectivity index (χ2v) is 3.93. The summed E-state index contributed by atoms with van der Waals surface area (Å²) in [5.74, 6) is -1.32. The molecule has 19 heavy (non-hydrogen) atoms. The van der Waals surface area contributed by atoms with Crippen LogP contribution in [0.3, 0.4) is 0 Å². The molecule has 0 aliphatic rings. The predicted octanol–water partition coefficient (Wildman–Crippen LogP) is 4.32. The maximum atomic E-state index is 13.4. The van der Waals surface area contributed by atoms with Gasteiger partial charge in [0.1, 0.15) is 12.1 Å². The molecule has 0 saturated heterocycles. The highest BCUT2D eigenvalue weighted by Crippen LogP contribution is 2.33. The van der Waals surface area contributed by atoms with Crippen molar-refractivity contribution in [3.05, 3.63) is 59.4 Å². The molecule has 0 saturated carbocycles. The number of benzene rings is 2. The average Bonchev–Trinajstić information content (AvgIpc) is 2.37. The molecule has 1 nitrogen and oxygen atoms in total. The molecule has 0 aliphatic heterocycles. The van der Waals surface area contributed by atoms with Gasteiger partial charge in [0.15, 0.2) is 0 Å². The lowest BCUT2D eigenvalue weighted by Crippen LogP contribution is -2.07. The van der Waals surface area contributed by atoms with Crippen LogP contribution in [0.1, 0.15) is 15.9 Å². The van der Waals surface area contributed by atoms with E-state index in [9.17, 15) is 22.4 Å². The third kappa shape index (κ3) is 2.81. The van der Waals surface area contributed by atoms with Crippen LogP contribution in [0.15, 0.2) is 42.5 Å². The Morgan fingerprint density at radius 1 is 0.895 bits per heavy atom. The number of hydrogen-bond donors (Lipinski definition) is 0. The van der Waals surface area contributed by atoms with Gasteiger partial charge in [0.25, 0.3) is 0 Å². The Morgan fingerprint density at radius 3 is 1.95 bits per heavy atom. The van der Waals surface area contributed by atoms with E-state index in [0.717, 1.165) is 6.07 Å². The van der Waals surface area contributed by atoms with Gasteiger partial charge < -0.3 is 0 Å². The summed E-state index contributed by atoms with van der Waals surface area (Å²) >= 11 is 0. The fourth-order valence-corrected chi connectivity index (χ4v) is 1.68. The SMILES string of the molecule is O=Cc1ccc(-c2ccc(C(F)(F)F)c(F)c2)cc1. The van der Waals surface area contributed by atoms with E-state index in [0.29, 0.717) is 29.0 Å². The molecule has 98 valence electrons. The van der Waals surface area contributed by atoms with Crippen molar-refractivity contribution in [2.45, 2.75) is 6.18 Å². The van der Waals surface area contributed by atoms with Crippen molar-refractivity contribution in [2.75, 3.05) is 0 Å². The third-order valence-electron chi connectivity index (χ3n) is 2.65. The number of hydrogen-bond acceptors (Lipinski definition) is 1. The molecule has 2 aromatic carbocycles. The first kappa shape index (κ1) is 13.3. The number of carbonyl (C=O) groups excluding carboxylic acids is 1. The second-order valence-electron chi connectivity index (χ2n) is 3.93. The van der Waals surface area contributed by atoms with E-state index < -0.39 is 17.6 Å². The van der Waals surface area contributed by atoms with Gasteiger partial charge in [0.2, 0.25) is 0 Å². The Balaban J connectivity index is 2.41. The highest BCUT2D eigenvalue weighted by atomic mass is 19.4. The fraction of sp³-hybridized carbons (Fsp3) is 0.0714. The van der Waals surface area contributed by atoms with Crippen molar-refractivity contribution >= 4 is 6.29 Å². The molecule has 0 spiro atoms. The summed E-state index contributed by atoms with van der Waals surface area (Å²) in [6, 6.07) is 8.85. The van der Waals surface area contributed by atoms with E-state index in [1.165, 1.54) is 18.2 Å². The zero-order valence-corrected chi connectivity index (χ0v) is 9.54. The van der Waals surface area contributed by atoms with Crippen LogP contribution in [0.2, 0.25) is 0 Å². The molecule has 0 amide bonds. The number of aldehydes is 1. The maximum absolute atomic E-state index is 13.4. The minimum absolute atomic E-state index is 0.322. The zero-order valence-electron chi connectivity index (χ0n) is 9.54. The van der Waals surface area contributed by atoms with Gasteiger partial charge in [-0.15, -0.1) is 0 Å². The van der Waals surface area contributed by atoms with Gasteiger partial charge in [-0.3, -0.25) is 4.79 Å². The smallest absolute Gasteiger partial charge is 0.298 e. The molecule has 2 aromatic rings. The zero-order chi connectivity index (χ0) is 14.0. The third-order valence-corrected chi connectivity index (χ3v) is 2.65. The lowest BCUT2D eigenvalue weighted by atomic mass is 10.0. The van der Waals surface area contributed by atoms with E-state index in [1.807, 2.05) is 0 Å². The van der Waals surface area contributed by atoms with Crippen LogP contribution in [0.5, 0.6) is 0 Å². The molecule has 0 aliphatic carbocycles. The number of halogens is 4. The van der Waals surface area contributed by atoms with Crippen LogP contribution in [0.25, 0.3) is 11.1 Å². The Bertz CT molecular complexity index is 600. The van der Waals surface area contributed by atoms with Crippen molar-refractivity contribution in [2.24, 2.45) is 0 Å². The predicted molar refractivity (Wildman–Crippen MR) is 62.2 cm³/mol. The number of alkyl halides is 3. The Morgan fingerprint density at radius 2 is 1.47 bits per heavy atom. The van der Waals surface area contributed by atoms with Crippen LogP contribution in [0, 0.1) is 5.82 Å². The second kappa shape index (κ2) is 4.84. The molecule has 0 unspecified atom stereocenters. The highest BCUT2D eigenvalue weighted by Gasteiger charge is 2.33. The molecule has 0 heterocycles. The Labute approximate surface area is 106 Å². The molecule has 0 bridgehead atoms. The molecule has 0 aromatic heterocycles. The summed E-state index contributed by atoms with van der Waals surface area (Å²) in [4.78, 5) is 10.5. The van der Waals surface area contributed by atoms with Crippen LogP contribution < -0.4 is 0 Å². The van der Waals surface area contributed by atoms with E-state index in [-0.39, 0.29) is 0 Å². The molecular weight excluding hydrogens is 260 g/mol.